The van der Waals surface area contributed by atoms with E-state index >= 15 is 0 Å². The summed E-state index contributed by atoms with van der Waals surface area (Å²) in [5.74, 6) is 0.660. The van der Waals surface area contributed by atoms with Gasteiger partial charge in [-0.05, 0) is 43.7 Å². The van der Waals surface area contributed by atoms with E-state index < -0.39 is 9.84 Å². The van der Waals surface area contributed by atoms with Crippen molar-refractivity contribution in [2.75, 3.05) is 11.5 Å². The highest BCUT2D eigenvalue weighted by molar-refractivity contribution is 7.91. The molecule has 2 heterocycles. The maximum Gasteiger partial charge on any atom is 0.150 e. The molecule has 0 radical (unpaired) electrons. The number of hydrogen-bond acceptors (Lipinski definition) is 3. The molecule has 18 heavy (non-hydrogen) atoms. The lowest BCUT2D eigenvalue weighted by Crippen LogP contribution is -2.27. The van der Waals surface area contributed by atoms with Gasteiger partial charge in [0.05, 0.1) is 11.5 Å². The summed E-state index contributed by atoms with van der Waals surface area (Å²) in [7, 11) is -2.78. The average molecular weight is 268 g/mol. The van der Waals surface area contributed by atoms with Crippen LogP contribution in [0.25, 0.3) is 0 Å². The zero-order valence-corrected chi connectivity index (χ0v) is 11.3. The van der Waals surface area contributed by atoms with E-state index in [0.717, 1.165) is 32.1 Å². The molecule has 0 spiro atoms. The van der Waals surface area contributed by atoms with Gasteiger partial charge in [0.1, 0.15) is 9.84 Å². The van der Waals surface area contributed by atoms with Crippen molar-refractivity contribution in [3.63, 3.8) is 0 Å². The van der Waals surface area contributed by atoms with Crippen LogP contribution in [-0.4, -0.2) is 24.5 Å². The van der Waals surface area contributed by atoms with E-state index in [1.54, 1.807) is 0 Å². The van der Waals surface area contributed by atoms with Gasteiger partial charge in [-0.1, -0.05) is 0 Å². The minimum Gasteiger partial charge on any atom is -0.348 e. The molecule has 5 heteroatoms. The van der Waals surface area contributed by atoms with E-state index in [1.807, 2.05) is 0 Å². The van der Waals surface area contributed by atoms with Crippen LogP contribution in [0.2, 0.25) is 0 Å². The number of sulfone groups is 1. The van der Waals surface area contributed by atoms with Crippen molar-refractivity contribution in [3.05, 3.63) is 23.5 Å². The third-order valence-electron chi connectivity index (χ3n) is 4.31. The number of nitrogens with two attached hydrogens (primary N) is 1. The molecule has 2 N–H and O–H groups in total. The summed E-state index contributed by atoms with van der Waals surface area (Å²) in [5.41, 5.74) is 8.74. The predicted octanol–water partition coefficient (Wildman–Crippen LogP) is 1.57. The van der Waals surface area contributed by atoms with Crippen molar-refractivity contribution in [1.29, 1.82) is 0 Å². The van der Waals surface area contributed by atoms with Gasteiger partial charge in [-0.2, -0.15) is 0 Å². The molecule has 0 aromatic carbocycles. The third kappa shape index (κ3) is 2.10. The second-order valence-corrected chi connectivity index (χ2v) is 7.81. The highest BCUT2D eigenvalue weighted by Gasteiger charge is 2.28. The SMILES string of the molecule is NC1CCCc2c1ccn2C1CCS(=O)(=O)CC1. The third-order valence-corrected chi connectivity index (χ3v) is 6.02. The minimum atomic E-state index is -2.78. The molecule has 0 bridgehead atoms. The van der Waals surface area contributed by atoms with Crippen LogP contribution in [0.5, 0.6) is 0 Å². The van der Waals surface area contributed by atoms with Gasteiger partial charge in [0.2, 0.25) is 0 Å². The van der Waals surface area contributed by atoms with Crippen LogP contribution in [-0.2, 0) is 16.3 Å². The molecular weight excluding hydrogens is 248 g/mol. The number of fused-ring (bicyclic) bond motifs is 1. The summed E-state index contributed by atoms with van der Waals surface area (Å²) >= 11 is 0. The lowest BCUT2D eigenvalue weighted by Gasteiger charge is -2.28. The van der Waals surface area contributed by atoms with Crippen LogP contribution >= 0.6 is 0 Å². The topological polar surface area (TPSA) is 65.1 Å². The van der Waals surface area contributed by atoms with E-state index in [0.29, 0.717) is 17.5 Å². The first-order valence-corrected chi connectivity index (χ1v) is 8.54. The molecule has 1 fully saturated rings. The van der Waals surface area contributed by atoms with E-state index in [1.165, 1.54) is 11.3 Å². The van der Waals surface area contributed by atoms with E-state index in [-0.39, 0.29) is 6.04 Å². The zero-order chi connectivity index (χ0) is 12.8. The zero-order valence-electron chi connectivity index (χ0n) is 10.5. The van der Waals surface area contributed by atoms with E-state index in [4.69, 9.17) is 5.73 Å². The molecule has 1 aromatic rings. The first kappa shape index (κ1) is 12.2. The van der Waals surface area contributed by atoms with Crippen molar-refractivity contribution in [2.45, 2.75) is 44.2 Å². The Labute approximate surface area is 108 Å². The Morgan fingerprint density at radius 2 is 1.94 bits per heavy atom. The van der Waals surface area contributed by atoms with Gasteiger partial charge in [0.15, 0.2) is 0 Å². The number of aromatic nitrogens is 1. The van der Waals surface area contributed by atoms with Crippen LogP contribution < -0.4 is 5.73 Å². The van der Waals surface area contributed by atoms with Crippen LogP contribution in [0.15, 0.2) is 12.3 Å². The van der Waals surface area contributed by atoms with Gasteiger partial charge in [-0.3, -0.25) is 0 Å². The van der Waals surface area contributed by atoms with Crippen LogP contribution in [0.1, 0.15) is 49.0 Å². The van der Waals surface area contributed by atoms with Crippen LogP contribution in [0, 0.1) is 0 Å². The summed E-state index contributed by atoms with van der Waals surface area (Å²) < 4.78 is 25.2. The van der Waals surface area contributed by atoms with E-state index in [9.17, 15) is 8.42 Å². The van der Waals surface area contributed by atoms with Crippen LogP contribution in [0.4, 0.5) is 0 Å². The highest BCUT2D eigenvalue weighted by atomic mass is 32.2. The van der Waals surface area contributed by atoms with Crippen molar-refractivity contribution < 1.29 is 8.42 Å². The fraction of sp³-hybridized carbons (Fsp3) is 0.692. The van der Waals surface area contributed by atoms with Gasteiger partial charge in [-0.15, -0.1) is 0 Å². The molecular formula is C13H20N2O2S. The maximum atomic E-state index is 11.5. The molecule has 3 rings (SSSR count). The molecule has 0 amide bonds. The molecule has 1 saturated heterocycles. The molecule has 1 unspecified atom stereocenters. The number of nitrogens with zero attached hydrogens (tertiary/aromatic N) is 1. The van der Waals surface area contributed by atoms with Crippen molar-refractivity contribution in [2.24, 2.45) is 5.73 Å². The van der Waals surface area contributed by atoms with Crippen LogP contribution in [0.3, 0.4) is 0 Å². The lowest BCUT2D eigenvalue weighted by molar-refractivity contribution is 0.427. The first-order valence-electron chi connectivity index (χ1n) is 6.72. The molecule has 1 aliphatic carbocycles. The van der Waals surface area contributed by atoms with Crippen molar-refractivity contribution in [1.82, 2.24) is 4.57 Å². The largest absolute Gasteiger partial charge is 0.348 e. The fourth-order valence-electron chi connectivity index (χ4n) is 3.25. The predicted molar refractivity (Wildman–Crippen MR) is 71.2 cm³/mol. The highest BCUT2D eigenvalue weighted by Crippen LogP contribution is 2.33. The second-order valence-electron chi connectivity index (χ2n) is 5.51. The standard InChI is InChI=1S/C13H20N2O2S/c14-12-2-1-3-13-11(12)4-7-15(13)10-5-8-18(16,17)9-6-10/h4,7,10,12H,1-3,5-6,8-9,14H2. The Morgan fingerprint density at radius 3 is 2.67 bits per heavy atom. The second kappa shape index (κ2) is 4.38. The summed E-state index contributed by atoms with van der Waals surface area (Å²) in [6.07, 6.45) is 6.90. The molecule has 100 valence electrons. The Morgan fingerprint density at radius 1 is 1.22 bits per heavy atom. The lowest BCUT2D eigenvalue weighted by atomic mass is 9.93. The first-order chi connectivity index (χ1) is 8.57. The van der Waals surface area contributed by atoms with Gasteiger partial charge in [0.25, 0.3) is 0 Å². The summed E-state index contributed by atoms with van der Waals surface area (Å²) in [4.78, 5) is 0. The van der Waals surface area contributed by atoms with E-state index in [2.05, 4.69) is 16.8 Å². The Bertz CT molecular complexity index is 533. The Kier molecular flexibility index (Phi) is 2.98. The number of hydrogen-bond donors (Lipinski definition) is 1. The summed E-state index contributed by atoms with van der Waals surface area (Å²) in [5, 5.41) is 0. The molecule has 1 aliphatic heterocycles. The molecule has 0 saturated carbocycles. The smallest absolute Gasteiger partial charge is 0.150 e. The van der Waals surface area contributed by atoms with Gasteiger partial charge < -0.3 is 10.3 Å². The van der Waals surface area contributed by atoms with Crippen molar-refractivity contribution in [3.8, 4) is 0 Å². The summed E-state index contributed by atoms with van der Waals surface area (Å²) in [6, 6.07) is 2.65. The van der Waals surface area contributed by atoms with Gasteiger partial charge in [0, 0.05) is 24.0 Å². The molecule has 1 atom stereocenters. The Balaban J connectivity index is 1.86. The van der Waals surface area contributed by atoms with Crippen molar-refractivity contribution >= 4 is 9.84 Å². The molecule has 1 aromatic heterocycles. The quantitative estimate of drug-likeness (QED) is 0.841. The van der Waals surface area contributed by atoms with Gasteiger partial charge in [-0.25, -0.2) is 8.42 Å². The molecule has 4 nitrogen and oxygen atoms in total. The minimum absolute atomic E-state index is 0.169. The number of rotatable bonds is 1. The summed E-state index contributed by atoms with van der Waals surface area (Å²) in [6.45, 7) is 0. The normalized spacial score (nSPS) is 27.9. The molecule has 2 aliphatic rings. The maximum absolute atomic E-state index is 11.5. The average Bonchev–Trinajstić information content (AvgIpc) is 2.74. The monoisotopic (exact) mass is 268 g/mol. The van der Waals surface area contributed by atoms with Gasteiger partial charge >= 0.3 is 0 Å². The Hall–Kier alpha value is -0.810. The fourth-order valence-corrected chi connectivity index (χ4v) is 4.72.